The van der Waals surface area contributed by atoms with Crippen LogP contribution in [0.4, 0.5) is 5.69 Å². The highest BCUT2D eigenvalue weighted by Gasteiger charge is 2.12. The summed E-state index contributed by atoms with van der Waals surface area (Å²) in [5.41, 5.74) is 13.5. The molecule has 0 saturated carbocycles. The summed E-state index contributed by atoms with van der Waals surface area (Å²) in [4.78, 5) is 11.0. The largest absolute Gasteiger partial charge is 0.399 e. The standard InChI is InChI=1S/C12H14N4O/c1-8(12(14)17)16-7-10(6-15-16)9-3-2-4-11(13)5-9/h2-8H,13H2,1H3,(H2,14,17). The molecule has 1 heterocycles. The number of aromatic nitrogens is 2. The van der Waals surface area contributed by atoms with Crippen LogP contribution in [0.2, 0.25) is 0 Å². The molecular weight excluding hydrogens is 216 g/mol. The van der Waals surface area contributed by atoms with E-state index in [9.17, 15) is 4.79 Å². The lowest BCUT2D eigenvalue weighted by atomic mass is 10.1. The number of hydrogen-bond acceptors (Lipinski definition) is 3. The number of nitrogens with zero attached hydrogens (tertiary/aromatic N) is 2. The van der Waals surface area contributed by atoms with Gasteiger partial charge in [-0.15, -0.1) is 0 Å². The van der Waals surface area contributed by atoms with Crippen LogP contribution in [-0.4, -0.2) is 15.7 Å². The molecule has 88 valence electrons. The quantitative estimate of drug-likeness (QED) is 0.776. The Bertz CT molecular complexity index is 547. The second kappa shape index (κ2) is 4.29. The molecule has 0 spiro atoms. The molecule has 0 aliphatic rings. The fraction of sp³-hybridized carbons (Fsp3) is 0.167. The van der Waals surface area contributed by atoms with Crippen molar-refractivity contribution in [2.75, 3.05) is 5.73 Å². The zero-order valence-electron chi connectivity index (χ0n) is 9.50. The smallest absolute Gasteiger partial charge is 0.241 e. The van der Waals surface area contributed by atoms with Crippen LogP contribution >= 0.6 is 0 Å². The van der Waals surface area contributed by atoms with Crippen molar-refractivity contribution in [3.63, 3.8) is 0 Å². The highest BCUT2D eigenvalue weighted by atomic mass is 16.1. The van der Waals surface area contributed by atoms with Crippen LogP contribution in [-0.2, 0) is 4.79 Å². The van der Waals surface area contributed by atoms with E-state index in [1.54, 1.807) is 24.0 Å². The van der Waals surface area contributed by atoms with E-state index >= 15 is 0 Å². The van der Waals surface area contributed by atoms with Crippen molar-refractivity contribution in [1.82, 2.24) is 9.78 Å². The minimum atomic E-state index is -0.454. The Morgan fingerprint density at radius 2 is 2.18 bits per heavy atom. The monoisotopic (exact) mass is 230 g/mol. The zero-order valence-corrected chi connectivity index (χ0v) is 9.50. The summed E-state index contributed by atoms with van der Waals surface area (Å²) in [7, 11) is 0. The molecular formula is C12H14N4O. The number of nitrogen functional groups attached to an aromatic ring is 1. The van der Waals surface area contributed by atoms with Gasteiger partial charge in [-0.3, -0.25) is 9.48 Å². The van der Waals surface area contributed by atoms with Crippen molar-refractivity contribution in [1.29, 1.82) is 0 Å². The van der Waals surface area contributed by atoms with E-state index < -0.39 is 11.9 Å². The number of benzene rings is 1. The van der Waals surface area contributed by atoms with E-state index in [2.05, 4.69) is 5.10 Å². The van der Waals surface area contributed by atoms with Gasteiger partial charge in [-0.05, 0) is 24.6 Å². The van der Waals surface area contributed by atoms with Crippen molar-refractivity contribution in [2.45, 2.75) is 13.0 Å². The van der Waals surface area contributed by atoms with Crippen LogP contribution in [0.3, 0.4) is 0 Å². The second-order valence-corrected chi connectivity index (χ2v) is 3.91. The van der Waals surface area contributed by atoms with Crippen molar-refractivity contribution in [3.05, 3.63) is 36.7 Å². The maximum absolute atomic E-state index is 11.0. The SMILES string of the molecule is CC(C(N)=O)n1cc(-c2cccc(N)c2)cn1. The Labute approximate surface area is 99.0 Å². The molecule has 4 N–H and O–H groups in total. The van der Waals surface area contributed by atoms with Crippen LogP contribution in [0.1, 0.15) is 13.0 Å². The molecule has 1 amide bonds. The molecule has 17 heavy (non-hydrogen) atoms. The Morgan fingerprint density at radius 1 is 1.41 bits per heavy atom. The van der Waals surface area contributed by atoms with Gasteiger partial charge in [0, 0.05) is 17.4 Å². The molecule has 2 rings (SSSR count). The minimum absolute atomic E-state index is 0.410. The third-order valence-corrected chi connectivity index (χ3v) is 2.63. The first-order chi connectivity index (χ1) is 8.08. The third-order valence-electron chi connectivity index (χ3n) is 2.63. The summed E-state index contributed by atoms with van der Waals surface area (Å²) in [6.07, 6.45) is 3.47. The van der Waals surface area contributed by atoms with Gasteiger partial charge in [-0.2, -0.15) is 5.10 Å². The summed E-state index contributed by atoms with van der Waals surface area (Å²) < 4.78 is 1.54. The molecule has 0 aliphatic carbocycles. The van der Waals surface area contributed by atoms with Crippen molar-refractivity contribution in [2.24, 2.45) is 5.73 Å². The summed E-state index contributed by atoms with van der Waals surface area (Å²) in [6.45, 7) is 1.71. The number of anilines is 1. The van der Waals surface area contributed by atoms with Gasteiger partial charge in [-0.25, -0.2) is 0 Å². The van der Waals surface area contributed by atoms with Crippen LogP contribution in [0, 0.1) is 0 Å². The number of carbonyl (C=O) groups excluding carboxylic acids is 1. The van der Waals surface area contributed by atoms with Gasteiger partial charge in [0.25, 0.3) is 0 Å². The lowest BCUT2D eigenvalue weighted by molar-refractivity contribution is -0.120. The summed E-state index contributed by atoms with van der Waals surface area (Å²) in [6, 6.07) is 7.03. The van der Waals surface area contributed by atoms with Gasteiger partial charge in [-0.1, -0.05) is 12.1 Å². The molecule has 0 radical (unpaired) electrons. The zero-order chi connectivity index (χ0) is 12.4. The molecule has 1 aromatic carbocycles. The van der Waals surface area contributed by atoms with Crippen LogP contribution < -0.4 is 11.5 Å². The fourth-order valence-electron chi connectivity index (χ4n) is 1.55. The minimum Gasteiger partial charge on any atom is -0.399 e. The molecule has 5 heteroatoms. The molecule has 0 saturated heterocycles. The molecule has 2 aromatic rings. The number of hydrogen-bond donors (Lipinski definition) is 2. The first kappa shape index (κ1) is 11.2. The van der Waals surface area contributed by atoms with Crippen molar-refractivity contribution < 1.29 is 4.79 Å². The molecule has 1 unspecified atom stereocenters. The van der Waals surface area contributed by atoms with E-state index in [0.717, 1.165) is 11.1 Å². The maximum atomic E-state index is 11.0. The molecule has 1 atom stereocenters. The Balaban J connectivity index is 2.33. The second-order valence-electron chi connectivity index (χ2n) is 3.91. The molecule has 0 fully saturated rings. The first-order valence-electron chi connectivity index (χ1n) is 5.27. The number of amides is 1. The normalized spacial score (nSPS) is 12.3. The number of nitrogens with two attached hydrogens (primary N) is 2. The highest BCUT2D eigenvalue weighted by molar-refractivity contribution is 5.78. The van der Waals surface area contributed by atoms with Crippen LogP contribution in [0.15, 0.2) is 36.7 Å². The van der Waals surface area contributed by atoms with Crippen molar-refractivity contribution >= 4 is 11.6 Å². The summed E-state index contributed by atoms with van der Waals surface area (Å²) in [5.74, 6) is -0.410. The van der Waals surface area contributed by atoms with Gasteiger partial charge < -0.3 is 11.5 Å². The lowest BCUT2D eigenvalue weighted by Crippen LogP contribution is -2.24. The van der Waals surface area contributed by atoms with E-state index in [1.165, 1.54) is 0 Å². The summed E-state index contributed by atoms with van der Waals surface area (Å²) >= 11 is 0. The van der Waals surface area contributed by atoms with Gasteiger partial charge >= 0.3 is 0 Å². The average molecular weight is 230 g/mol. The van der Waals surface area contributed by atoms with E-state index in [-0.39, 0.29) is 0 Å². The van der Waals surface area contributed by atoms with E-state index in [0.29, 0.717) is 5.69 Å². The van der Waals surface area contributed by atoms with Crippen LogP contribution in [0.25, 0.3) is 11.1 Å². The van der Waals surface area contributed by atoms with Gasteiger partial charge in [0.1, 0.15) is 6.04 Å². The summed E-state index contributed by atoms with van der Waals surface area (Å²) in [5, 5.41) is 4.12. The van der Waals surface area contributed by atoms with Crippen molar-refractivity contribution in [3.8, 4) is 11.1 Å². The average Bonchev–Trinajstić information content (AvgIpc) is 2.77. The van der Waals surface area contributed by atoms with Gasteiger partial charge in [0.15, 0.2) is 0 Å². The third kappa shape index (κ3) is 2.28. The highest BCUT2D eigenvalue weighted by Crippen LogP contribution is 2.21. The molecule has 0 aliphatic heterocycles. The first-order valence-corrected chi connectivity index (χ1v) is 5.27. The Morgan fingerprint density at radius 3 is 2.82 bits per heavy atom. The molecule has 1 aromatic heterocycles. The molecule has 0 bridgehead atoms. The van der Waals surface area contributed by atoms with Gasteiger partial charge in [0.2, 0.25) is 5.91 Å². The number of primary amides is 1. The number of carbonyl (C=O) groups is 1. The predicted octanol–water partition coefficient (Wildman–Crippen LogP) is 1.18. The van der Waals surface area contributed by atoms with E-state index in [1.807, 2.05) is 24.3 Å². The number of rotatable bonds is 3. The van der Waals surface area contributed by atoms with E-state index in [4.69, 9.17) is 11.5 Å². The van der Waals surface area contributed by atoms with Gasteiger partial charge in [0.05, 0.1) is 6.20 Å². The predicted molar refractivity (Wildman–Crippen MR) is 66.0 cm³/mol. The fourth-order valence-corrected chi connectivity index (χ4v) is 1.55. The topological polar surface area (TPSA) is 86.9 Å². The Kier molecular flexibility index (Phi) is 2.82. The molecule has 5 nitrogen and oxygen atoms in total. The maximum Gasteiger partial charge on any atom is 0.241 e. The lowest BCUT2D eigenvalue weighted by Gasteiger charge is -2.06. The van der Waals surface area contributed by atoms with Crippen LogP contribution in [0.5, 0.6) is 0 Å². The Hall–Kier alpha value is -2.30.